The number of hydrogen-bond donors (Lipinski definition) is 0. The van der Waals surface area contributed by atoms with Gasteiger partial charge < -0.3 is 9.30 Å². The van der Waals surface area contributed by atoms with E-state index in [4.69, 9.17) is 4.74 Å². The van der Waals surface area contributed by atoms with E-state index in [1.165, 1.54) is 12.1 Å². The van der Waals surface area contributed by atoms with E-state index in [2.05, 4.69) is 15.1 Å². The summed E-state index contributed by atoms with van der Waals surface area (Å²) in [4.78, 5) is 2.49. The van der Waals surface area contributed by atoms with Gasteiger partial charge in [-0.25, -0.2) is 4.39 Å². The molecular formula is C17H21FN4O. The lowest BCUT2D eigenvalue weighted by Gasteiger charge is -2.39. The van der Waals surface area contributed by atoms with E-state index in [1.54, 1.807) is 12.7 Å². The molecular weight excluding hydrogens is 295 g/mol. The Labute approximate surface area is 135 Å². The fourth-order valence-electron chi connectivity index (χ4n) is 3.94. The Kier molecular flexibility index (Phi) is 4.10. The molecule has 1 saturated heterocycles. The summed E-state index contributed by atoms with van der Waals surface area (Å²) in [5.74, 6) is 0.329. The number of fused-ring (bicyclic) bond motifs is 1. The van der Waals surface area contributed by atoms with Crippen molar-refractivity contribution in [3.63, 3.8) is 0 Å². The van der Waals surface area contributed by atoms with Crippen LogP contribution in [0.25, 0.3) is 0 Å². The third-order valence-electron chi connectivity index (χ3n) is 5.05. The van der Waals surface area contributed by atoms with Gasteiger partial charge in [-0.3, -0.25) is 4.90 Å². The lowest BCUT2D eigenvalue weighted by atomic mass is 10.0. The largest absolute Gasteiger partial charge is 0.375 e. The number of benzene rings is 1. The second kappa shape index (κ2) is 6.37. The van der Waals surface area contributed by atoms with E-state index < -0.39 is 0 Å². The summed E-state index contributed by atoms with van der Waals surface area (Å²) in [5, 5.41) is 7.75. The molecule has 1 aliphatic carbocycles. The molecule has 6 heteroatoms. The van der Waals surface area contributed by atoms with Gasteiger partial charge in [0, 0.05) is 31.6 Å². The highest BCUT2D eigenvalue weighted by Crippen LogP contribution is 2.36. The van der Waals surface area contributed by atoms with Crippen LogP contribution in [0.4, 0.5) is 4.39 Å². The number of morpholine rings is 1. The predicted octanol–water partition coefficient (Wildman–Crippen LogP) is 2.10. The highest BCUT2D eigenvalue weighted by Gasteiger charge is 2.42. The number of hydrogen-bond acceptors (Lipinski definition) is 4. The average molecular weight is 316 g/mol. The first kappa shape index (κ1) is 14.8. The summed E-state index contributed by atoms with van der Waals surface area (Å²) in [6.07, 6.45) is 6.12. The number of aromatic nitrogens is 3. The van der Waals surface area contributed by atoms with Gasteiger partial charge in [-0.2, -0.15) is 0 Å². The molecule has 0 amide bonds. The molecule has 0 N–H and O–H groups in total. The maximum Gasteiger partial charge on any atom is 0.123 e. The van der Waals surface area contributed by atoms with Crippen LogP contribution in [-0.4, -0.2) is 45.0 Å². The summed E-state index contributed by atoms with van der Waals surface area (Å²) >= 11 is 0. The van der Waals surface area contributed by atoms with E-state index in [0.29, 0.717) is 12.0 Å². The van der Waals surface area contributed by atoms with Gasteiger partial charge >= 0.3 is 0 Å². The molecule has 1 aromatic carbocycles. The zero-order chi connectivity index (χ0) is 15.6. The van der Waals surface area contributed by atoms with E-state index in [9.17, 15) is 4.39 Å². The smallest absolute Gasteiger partial charge is 0.123 e. The van der Waals surface area contributed by atoms with Crippen LogP contribution in [0.1, 0.15) is 18.4 Å². The van der Waals surface area contributed by atoms with Gasteiger partial charge in [0.2, 0.25) is 0 Å². The van der Waals surface area contributed by atoms with Crippen LogP contribution in [0, 0.1) is 11.7 Å². The molecule has 2 heterocycles. The van der Waals surface area contributed by atoms with Gasteiger partial charge in [0.1, 0.15) is 18.5 Å². The van der Waals surface area contributed by atoms with Crippen molar-refractivity contribution in [2.45, 2.75) is 38.1 Å². The molecule has 1 saturated carbocycles. The summed E-state index contributed by atoms with van der Waals surface area (Å²) in [6.45, 7) is 3.49. The van der Waals surface area contributed by atoms with Gasteiger partial charge in [-0.05, 0) is 30.5 Å². The number of ether oxygens (including phenoxy) is 1. The molecule has 1 aliphatic heterocycles. The fourth-order valence-corrected chi connectivity index (χ4v) is 3.94. The molecule has 3 atom stereocenters. The fraction of sp³-hybridized carbons (Fsp3) is 0.529. The highest BCUT2D eigenvalue weighted by atomic mass is 19.1. The van der Waals surface area contributed by atoms with Crippen molar-refractivity contribution in [1.29, 1.82) is 0 Å². The van der Waals surface area contributed by atoms with Gasteiger partial charge in [0.15, 0.2) is 0 Å². The van der Waals surface area contributed by atoms with Crippen molar-refractivity contribution in [3.8, 4) is 0 Å². The molecule has 2 fully saturated rings. The minimum absolute atomic E-state index is 0.177. The normalized spacial score (nSPS) is 28.0. The Balaban J connectivity index is 1.43. The zero-order valence-electron chi connectivity index (χ0n) is 13.0. The molecule has 4 rings (SSSR count). The third-order valence-corrected chi connectivity index (χ3v) is 5.05. The van der Waals surface area contributed by atoms with Crippen molar-refractivity contribution in [2.75, 3.05) is 13.2 Å². The third kappa shape index (κ3) is 3.14. The van der Waals surface area contributed by atoms with Crippen LogP contribution < -0.4 is 0 Å². The number of rotatable bonds is 4. The van der Waals surface area contributed by atoms with E-state index in [1.807, 2.05) is 16.7 Å². The summed E-state index contributed by atoms with van der Waals surface area (Å²) in [7, 11) is 0. The topological polar surface area (TPSA) is 43.2 Å². The first-order valence-corrected chi connectivity index (χ1v) is 8.22. The van der Waals surface area contributed by atoms with Crippen LogP contribution >= 0.6 is 0 Å². The Bertz CT molecular complexity index is 631. The average Bonchev–Trinajstić information content (AvgIpc) is 3.21. The summed E-state index contributed by atoms with van der Waals surface area (Å²) in [6, 6.07) is 7.29. The number of nitrogens with zero attached hydrogens (tertiary/aromatic N) is 4. The maximum atomic E-state index is 13.1. The van der Waals surface area contributed by atoms with Crippen LogP contribution in [0.15, 0.2) is 36.9 Å². The monoisotopic (exact) mass is 316 g/mol. The van der Waals surface area contributed by atoms with Crippen molar-refractivity contribution < 1.29 is 9.13 Å². The molecule has 23 heavy (non-hydrogen) atoms. The van der Waals surface area contributed by atoms with Crippen molar-refractivity contribution in [3.05, 3.63) is 48.3 Å². The van der Waals surface area contributed by atoms with Gasteiger partial charge in [-0.15, -0.1) is 10.2 Å². The second-order valence-corrected chi connectivity index (χ2v) is 6.50. The summed E-state index contributed by atoms with van der Waals surface area (Å²) < 4.78 is 21.2. The molecule has 0 radical (unpaired) electrons. The Morgan fingerprint density at radius 2 is 1.91 bits per heavy atom. The SMILES string of the molecule is Fc1ccc(CN2CCO[C@@H]3[C@@H](Cn4cnnc4)CC[C@H]32)cc1. The highest BCUT2D eigenvalue weighted by molar-refractivity contribution is 5.16. The Hall–Kier alpha value is -1.79. The minimum atomic E-state index is -0.177. The van der Waals surface area contributed by atoms with Gasteiger partial charge in [0.05, 0.1) is 12.7 Å². The first-order valence-electron chi connectivity index (χ1n) is 8.22. The van der Waals surface area contributed by atoms with Crippen molar-refractivity contribution in [1.82, 2.24) is 19.7 Å². The Morgan fingerprint density at radius 1 is 1.13 bits per heavy atom. The molecule has 122 valence electrons. The molecule has 2 aromatic rings. The van der Waals surface area contributed by atoms with Gasteiger partial charge in [0.25, 0.3) is 0 Å². The quantitative estimate of drug-likeness (QED) is 0.866. The zero-order valence-corrected chi connectivity index (χ0v) is 13.0. The Morgan fingerprint density at radius 3 is 2.70 bits per heavy atom. The minimum Gasteiger partial charge on any atom is -0.375 e. The number of halogens is 1. The molecule has 2 aliphatic rings. The van der Waals surface area contributed by atoms with E-state index in [-0.39, 0.29) is 11.9 Å². The van der Waals surface area contributed by atoms with E-state index >= 15 is 0 Å². The van der Waals surface area contributed by atoms with Crippen LogP contribution in [-0.2, 0) is 17.8 Å². The predicted molar refractivity (Wildman–Crippen MR) is 83.1 cm³/mol. The molecule has 0 bridgehead atoms. The maximum absolute atomic E-state index is 13.1. The first-order chi connectivity index (χ1) is 11.3. The second-order valence-electron chi connectivity index (χ2n) is 6.50. The van der Waals surface area contributed by atoms with Crippen molar-refractivity contribution in [2.24, 2.45) is 5.92 Å². The van der Waals surface area contributed by atoms with Crippen LogP contribution in [0.5, 0.6) is 0 Å². The van der Waals surface area contributed by atoms with Crippen molar-refractivity contribution >= 4 is 0 Å². The molecule has 1 aromatic heterocycles. The molecule has 5 nitrogen and oxygen atoms in total. The summed E-state index contributed by atoms with van der Waals surface area (Å²) in [5.41, 5.74) is 1.16. The standard InChI is InChI=1S/C17H21FN4O/c18-15-4-1-13(2-5-15)9-22-7-8-23-17-14(3-6-16(17)22)10-21-11-19-20-12-21/h1-2,4-5,11-12,14,16-17H,3,6-10H2/t14-,16-,17-/m1/s1. The lowest BCUT2D eigenvalue weighted by molar-refractivity contribution is -0.0786. The van der Waals surface area contributed by atoms with Gasteiger partial charge in [-0.1, -0.05) is 12.1 Å². The molecule has 0 spiro atoms. The lowest BCUT2D eigenvalue weighted by Crippen LogP contribution is -2.50. The van der Waals surface area contributed by atoms with Crippen LogP contribution in [0.2, 0.25) is 0 Å². The van der Waals surface area contributed by atoms with Crippen LogP contribution in [0.3, 0.4) is 0 Å². The van der Waals surface area contributed by atoms with E-state index in [0.717, 1.165) is 44.6 Å². The molecule has 0 unspecified atom stereocenters.